The first-order valence-electron chi connectivity index (χ1n) is 9.00. The number of rotatable bonds is 6. The normalized spacial score (nSPS) is 34.9. The van der Waals surface area contributed by atoms with Crippen molar-refractivity contribution in [3.05, 3.63) is 0 Å². The van der Waals surface area contributed by atoms with Gasteiger partial charge in [0.15, 0.2) is 0 Å². The topological polar surface area (TPSA) is 43.1 Å². The maximum atomic E-state index is 11.4. The molecule has 2 rings (SSSR count). The Labute approximate surface area is 124 Å². The summed E-state index contributed by atoms with van der Waals surface area (Å²) in [6.45, 7) is 2.29. The van der Waals surface area contributed by atoms with Gasteiger partial charge in [-0.2, -0.15) is 0 Å². The van der Waals surface area contributed by atoms with Crippen molar-refractivity contribution in [3.8, 4) is 0 Å². The molecular formula is C18H33NO. The minimum absolute atomic E-state index is 0.0528. The molecule has 2 N–H and O–H groups in total. The summed E-state index contributed by atoms with van der Waals surface area (Å²) in [6.07, 6.45) is 16.0. The van der Waals surface area contributed by atoms with Crippen LogP contribution in [-0.2, 0) is 4.79 Å². The Balaban J connectivity index is 1.71. The Hall–Kier alpha value is -0.530. The number of unbranched alkanes of at least 4 members (excludes halogenated alkanes) is 2. The number of hydrogen-bond donors (Lipinski definition) is 1. The molecule has 2 fully saturated rings. The zero-order chi connectivity index (χ0) is 14.4. The molecule has 20 heavy (non-hydrogen) atoms. The molecule has 0 radical (unpaired) electrons. The van der Waals surface area contributed by atoms with E-state index in [1.165, 1.54) is 64.2 Å². The van der Waals surface area contributed by atoms with E-state index in [4.69, 9.17) is 5.73 Å². The highest BCUT2D eigenvalue weighted by atomic mass is 16.1. The summed E-state index contributed by atoms with van der Waals surface area (Å²) in [5.74, 6) is 2.80. The average Bonchev–Trinajstić information content (AvgIpc) is 2.48. The van der Waals surface area contributed by atoms with Crippen molar-refractivity contribution in [2.45, 2.75) is 84.0 Å². The molecule has 1 amide bonds. The largest absolute Gasteiger partial charge is 0.369 e. The lowest BCUT2D eigenvalue weighted by Crippen LogP contribution is -2.32. The second kappa shape index (κ2) is 8.05. The van der Waals surface area contributed by atoms with Gasteiger partial charge in [-0.05, 0) is 43.4 Å². The van der Waals surface area contributed by atoms with Crippen LogP contribution in [0.3, 0.4) is 0 Å². The fourth-order valence-electron chi connectivity index (χ4n) is 4.55. The first-order valence-corrected chi connectivity index (χ1v) is 9.00. The van der Waals surface area contributed by atoms with Crippen LogP contribution in [0, 0.1) is 23.7 Å². The monoisotopic (exact) mass is 279 g/mol. The van der Waals surface area contributed by atoms with Crippen LogP contribution in [0.5, 0.6) is 0 Å². The summed E-state index contributed by atoms with van der Waals surface area (Å²) in [4.78, 5) is 11.4. The third-order valence-electron chi connectivity index (χ3n) is 5.89. The Morgan fingerprint density at radius 3 is 2.40 bits per heavy atom. The SMILES string of the molecule is CCCCCC1CCC([C@@H]2CCC[C@H](C(N)=O)C2)CC1. The van der Waals surface area contributed by atoms with E-state index in [9.17, 15) is 4.79 Å². The minimum Gasteiger partial charge on any atom is -0.369 e. The lowest BCUT2D eigenvalue weighted by atomic mass is 9.68. The molecule has 2 saturated carbocycles. The van der Waals surface area contributed by atoms with Crippen molar-refractivity contribution in [2.24, 2.45) is 29.4 Å². The second-order valence-corrected chi connectivity index (χ2v) is 7.30. The van der Waals surface area contributed by atoms with E-state index >= 15 is 0 Å². The van der Waals surface area contributed by atoms with Gasteiger partial charge in [0.2, 0.25) is 5.91 Å². The van der Waals surface area contributed by atoms with Crippen molar-refractivity contribution in [1.82, 2.24) is 0 Å². The molecule has 0 saturated heterocycles. The summed E-state index contributed by atoms with van der Waals surface area (Å²) in [5.41, 5.74) is 5.51. The lowest BCUT2D eigenvalue weighted by molar-refractivity contribution is -0.123. The highest BCUT2D eigenvalue weighted by Crippen LogP contribution is 2.42. The van der Waals surface area contributed by atoms with E-state index in [1.807, 2.05) is 0 Å². The van der Waals surface area contributed by atoms with Gasteiger partial charge in [0.1, 0.15) is 0 Å². The van der Waals surface area contributed by atoms with Crippen LogP contribution in [0.4, 0.5) is 0 Å². The summed E-state index contributed by atoms with van der Waals surface area (Å²) in [6, 6.07) is 0. The van der Waals surface area contributed by atoms with Crippen LogP contribution in [-0.4, -0.2) is 5.91 Å². The molecule has 0 unspecified atom stereocenters. The van der Waals surface area contributed by atoms with Gasteiger partial charge in [0, 0.05) is 5.92 Å². The van der Waals surface area contributed by atoms with E-state index in [-0.39, 0.29) is 11.8 Å². The number of amides is 1. The van der Waals surface area contributed by atoms with Crippen LogP contribution < -0.4 is 5.73 Å². The van der Waals surface area contributed by atoms with Crippen LogP contribution >= 0.6 is 0 Å². The number of nitrogens with two attached hydrogens (primary N) is 1. The number of hydrogen-bond acceptors (Lipinski definition) is 1. The van der Waals surface area contributed by atoms with Gasteiger partial charge in [-0.15, -0.1) is 0 Å². The molecule has 0 aromatic rings. The minimum atomic E-state index is -0.0528. The molecule has 0 aromatic heterocycles. The lowest BCUT2D eigenvalue weighted by Gasteiger charge is -2.37. The molecule has 2 aliphatic carbocycles. The van der Waals surface area contributed by atoms with Gasteiger partial charge in [-0.25, -0.2) is 0 Å². The van der Waals surface area contributed by atoms with E-state index in [0.29, 0.717) is 0 Å². The Morgan fingerprint density at radius 2 is 1.75 bits per heavy atom. The maximum Gasteiger partial charge on any atom is 0.220 e. The predicted molar refractivity (Wildman–Crippen MR) is 84.2 cm³/mol. The van der Waals surface area contributed by atoms with Gasteiger partial charge in [0.05, 0.1) is 0 Å². The van der Waals surface area contributed by atoms with Crippen LogP contribution in [0.1, 0.15) is 84.0 Å². The fraction of sp³-hybridized carbons (Fsp3) is 0.944. The van der Waals surface area contributed by atoms with Gasteiger partial charge in [0.25, 0.3) is 0 Å². The highest BCUT2D eigenvalue weighted by Gasteiger charge is 2.32. The van der Waals surface area contributed by atoms with E-state index < -0.39 is 0 Å². The molecule has 116 valence electrons. The first-order chi connectivity index (χ1) is 9.70. The highest BCUT2D eigenvalue weighted by molar-refractivity contribution is 5.76. The van der Waals surface area contributed by atoms with Crippen LogP contribution in [0.15, 0.2) is 0 Å². The number of primary amides is 1. The molecule has 0 bridgehead atoms. The third kappa shape index (κ3) is 4.49. The van der Waals surface area contributed by atoms with Gasteiger partial charge < -0.3 is 5.73 Å². The third-order valence-corrected chi connectivity index (χ3v) is 5.89. The van der Waals surface area contributed by atoms with Crippen molar-refractivity contribution in [2.75, 3.05) is 0 Å². The Morgan fingerprint density at radius 1 is 1.00 bits per heavy atom. The standard InChI is InChI=1S/C18H33NO/c1-2-3-4-6-14-9-11-15(12-10-14)16-7-5-8-17(13-16)18(19)20/h14-17H,2-13H2,1H3,(H2,19,20)/t14?,15?,16-,17+/m1/s1. The molecule has 0 aliphatic heterocycles. The molecule has 0 heterocycles. The van der Waals surface area contributed by atoms with E-state index in [1.54, 1.807) is 0 Å². The van der Waals surface area contributed by atoms with Crippen molar-refractivity contribution >= 4 is 5.91 Å². The smallest absolute Gasteiger partial charge is 0.220 e. The number of carbonyl (C=O) groups excluding carboxylic acids is 1. The molecule has 2 heteroatoms. The van der Waals surface area contributed by atoms with Crippen LogP contribution in [0.25, 0.3) is 0 Å². The Kier molecular flexibility index (Phi) is 6.38. The fourth-order valence-corrected chi connectivity index (χ4v) is 4.55. The van der Waals surface area contributed by atoms with Gasteiger partial charge in [-0.1, -0.05) is 58.3 Å². The summed E-state index contributed by atoms with van der Waals surface area (Å²) < 4.78 is 0. The van der Waals surface area contributed by atoms with Crippen molar-refractivity contribution in [1.29, 1.82) is 0 Å². The average molecular weight is 279 g/mol. The van der Waals surface area contributed by atoms with Crippen molar-refractivity contribution in [3.63, 3.8) is 0 Å². The first kappa shape index (κ1) is 15.9. The Bertz CT molecular complexity index is 294. The molecule has 2 aliphatic rings. The molecule has 2 atom stereocenters. The molecular weight excluding hydrogens is 246 g/mol. The zero-order valence-electron chi connectivity index (χ0n) is 13.3. The van der Waals surface area contributed by atoms with Gasteiger partial charge >= 0.3 is 0 Å². The summed E-state index contributed by atoms with van der Waals surface area (Å²) >= 11 is 0. The van der Waals surface area contributed by atoms with Crippen LogP contribution in [0.2, 0.25) is 0 Å². The molecule has 0 aromatic carbocycles. The van der Waals surface area contributed by atoms with E-state index in [2.05, 4.69) is 6.92 Å². The molecule has 2 nitrogen and oxygen atoms in total. The summed E-state index contributed by atoms with van der Waals surface area (Å²) in [7, 11) is 0. The predicted octanol–water partition coefficient (Wildman–Crippen LogP) is 4.66. The second-order valence-electron chi connectivity index (χ2n) is 7.30. The quantitative estimate of drug-likeness (QED) is 0.706. The van der Waals surface area contributed by atoms with Gasteiger partial charge in [-0.3, -0.25) is 4.79 Å². The molecule has 0 spiro atoms. The summed E-state index contributed by atoms with van der Waals surface area (Å²) in [5, 5.41) is 0. The zero-order valence-corrected chi connectivity index (χ0v) is 13.3. The van der Waals surface area contributed by atoms with Crippen molar-refractivity contribution < 1.29 is 4.79 Å². The number of carbonyl (C=O) groups is 1. The van der Waals surface area contributed by atoms with E-state index in [0.717, 1.165) is 30.6 Å². The maximum absolute atomic E-state index is 11.4.